The first kappa shape index (κ1) is 20.2. The molecule has 0 amide bonds. The van der Waals surface area contributed by atoms with E-state index in [1.54, 1.807) is 0 Å². The molecule has 2 aliphatic heterocycles. The fourth-order valence-electron chi connectivity index (χ4n) is 4.30. The van der Waals surface area contributed by atoms with Gasteiger partial charge >= 0.3 is 0 Å². The van der Waals surface area contributed by atoms with Gasteiger partial charge in [0.25, 0.3) is 0 Å². The van der Waals surface area contributed by atoms with Crippen LogP contribution in [-0.2, 0) is 11.2 Å². The molecule has 158 valence electrons. The largest absolute Gasteiger partial charge is 0.461 e. The molecule has 0 aliphatic carbocycles. The first-order valence-electron chi connectivity index (χ1n) is 11.1. The molecule has 29 heavy (non-hydrogen) atoms. The second kappa shape index (κ2) is 10.1. The van der Waals surface area contributed by atoms with Gasteiger partial charge in [-0.05, 0) is 44.2 Å². The van der Waals surface area contributed by atoms with Crippen LogP contribution in [0, 0.1) is 5.92 Å². The summed E-state index contributed by atoms with van der Waals surface area (Å²) in [5.74, 6) is 2.65. The third-order valence-electron chi connectivity index (χ3n) is 5.92. The zero-order valence-corrected chi connectivity index (χ0v) is 17.5. The Hall–Kier alpha value is -2.05. The Morgan fingerprint density at radius 1 is 1.21 bits per heavy atom. The zero-order valence-electron chi connectivity index (χ0n) is 17.5. The molecule has 3 heterocycles. The molecular weight excluding hydrogens is 364 g/mol. The number of nitrogens with zero attached hydrogens (tertiary/aromatic N) is 2. The first-order valence-corrected chi connectivity index (χ1v) is 11.1. The molecule has 6 heteroatoms. The number of para-hydroxylation sites is 1. The summed E-state index contributed by atoms with van der Waals surface area (Å²) in [5, 5.41) is 8.19. The van der Waals surface area contributed by atoms with E-state index < -0.39 is 0 Å². The number of benzene rings is 1. The fourth-order valence-corrected chi connectivity index (χ4v) is 4.30. The summed E-state index contributed by atoms with van der Waals surface area (Å²) in [5.41, 5.74) is 0.951. The number of rotatable bonds is 7. The highest BCUT2D eigenvalue weighted by Gasteiger charge is 2.24. The number of furan rings is 1. The lowest BCUT2D eigenvalue weighted by Gasteiger charge is -2.34. The van der Waals surface area contributed by atoms with E-state index in [0.29, 0.717) is 6.04 Å². The van der Waals surface area contributed by atoms with Crippen LogP contribution in [0.15, 0.2) is 39.7 Å². The quantitative estimate of drug-likeness (QED) is 0.555. The van der Waals surface area contributed by atoms with E-state index in [4.69, 9.17) is 14.1 Å². The van der Waals surface area contributed by atoms with Crippen LogP contribution >= 0.6 is 0 Å². The van der Waals surface area contributed by atoms with E-state index >= 15 is 0 Å². The number of hydrogen-bond acceptors (Lipinski definition) is 4. The van der Waals surface area contributed by atoms with Crippen LogP contribution in [0.1, 0.15) is 31.9 Å². The molecule has 1 atom stereocenters. The number of likely N-dealkylation sites (tertiary alicyclic amines) is 1. The topological polar surface area (TPSA) is 62.0 Å². The molecule has 2 fully saturated rings. The maximum Gasteiger partial charge on any atom is 0.191 e. The van der Waals surface area contributed by atoms with Crippen molar-refractivity contribution in [2.45, 2.75) is 38.6 Å². The van der Waals surface area contributed by atoms with Crippen LogP contribution in [0.4, 0.5) is 0 Å². The Kier molecular flexibility index (Phi) is 7.06. The van der Waals surface area contributed by atoms with Crippen molar-refractivity contribution < 1.29 is 9.15 Å². The monoisotopic (exact) mass is 398 g/mol. The Bertz CT molecular complexity index is 756. The van der Waals surface area contributed by atoms with E-state index in [-0.39, 0.29) is 0 Å². The number of nitrogens with one attached hydrogen (secondary N) is 2. The maximum absolute atomic E-state index is 5.90. The molecule has 1 unspecified atom stereocenters. The van der Waals surface area contributed by atoms with E-state index in [1.165, 1.54) is 25.8 Å². The van der Waals surface area contributed by atoms with E-state index in [2.05, 4.69) is 34.6 Å². The Morgan fingerprint density at radius 2 is 2.07 bits per heavy atom. The summed E-state index contributed by atoms with van der Waals surface area (Å²) in [6, 6.07) is 10.8. The predicted molar refractivity (Wildman–Crippen MR) is 117 cm³/mol. The van der Waals surface area contributed by atoms with Crippen LogP contribution in [0.3, 0.4) is 0 Å². The van der Waals surface area contributed by atoms with Gasteiger partial charge in [-0.15, -0.1) is 0 Å². The van der Waals surface area contributed by atoms with Crippen molar-refractivity contribution in [3.63, 3.8) is 0 Å². The normalized spacial score (nSPS) is 21.7. The smallest absolute Gasteiger partial charge is 0.191 e. The van der Waals surface area contributed by atoms with Crippen LogP contribution in [0.2, 0.25) is 0 Å². The molecule has 6 nitrogen and oxygen atoms in total. The highest BCUT2D eigenvalue weighted by atomic mass is 16.5. The van der Waals surface area contributed by atoms with E-state index in [1.807, 2.05) is 18.2 Å². The van der Waals surface area contributed by atoms with E-state index in [0.717, 1.165) is 74.4 Å². The van der Waals surface area contributed by atoms with Gasteiger partial charge in [0.15, 0.2) is 5.96 Å². The van der Waals surface area contributed by atoms with Crippen molar-refractivity contribution in [2.24, 2.45) is 10.9 Å². The third kappa shape index (κ3) is 5.73. The average Bonchev–Trinajstić information content (AvgIpc) is 3.39. The molecule has 0 radical (unpaired) electrons. The summed E-state index contributed by atoms with van der Waals surface area (Å²) in [6.45, 7) is 9.10. The van der Waals surface area contributed by atoms with Crippen molar-refractivity contribution in [2.75, 3.05) is 45.9 Å². The summed E-state index contributed by atoms with van der Waals surface area (Å²) in [4.78, 5) is 7.38. The minimum absolute atomic E-state index is 0.495. The number of guanidine groups is 1. The Morgan fingerprint density at radius 3 is 2.83 bits per heavy atom. The van der Waals surface area contributed by atoms with Crippen LogP contribution < -0.4 is 10.6 Å². The summed E-state index contributed by atoms with van der Waals surface area (Å²) in [7, 11) is 0. The number of hydrogen-bond donors (Lipinski definition) is 2. The van der Waals surface area contributed by atoms with Gasteiger partial charge in [-0.3, -0.25) is 4.99 Å². The summed E-state index contributed by atoms with van der Waals surface area (Å²) < 4.78 is 11.4. The molecule has 2 aromatic rings. The van der Waals surface area contributed by atoms with Gasteiger partial charge in [0, 0.05) is 57.2 Å². The average molecular weight is 399 g/mol. The summed E-state index contributed by atoms with van der Waals surface area (Å²) >= 11 is 0. The summed E-state index contributed by atoms with van der Waals surface area (Å²) in [6.07, 6.45) is 4.37. The van der Waals surface area contributed by atoms with Crippen LogP contribution in [0.25, 0.3) is 11.0 Å². The molecule has 0 saturated carbocycles. The lowest BCUT2D eigenvalue weighted by atomic mass is 10.0. The first-order chi connectivity index (χ1) is 14.3. The highest BCUT2D eigenvalue weighted by molar-refractivity contribution is 5.80. The molecule has 2 saturated heterocycles. The van der Waals surface area contributed by atoms with Crippen molar-refractivity contribution in [3.8, 4) is 0 Å². The van der Waals surface area contributed by atoms with E-state index in [9.17, 15) is 0 Å². The number of piperidine rings is 1. The van der Waals surface area contributed by atoms with Gasteiger partial charge in [-0.25, -0.2) is 0 Å². The number of ether oxygens (including phenoxy) is 1. The highest BCUT2D eigenvalue weighted by Crippen LogP contribution is 2.19. The fraction of sp³-hybridized carbons (Fsp3) is 0.609. The second-order valence-electron chi connectivity index (χ2n) is 8.21. The number of fused-ring (bicyclic) bond motifs is 1. The van der Waals surface area contributed by atoms with Crippen molar-refractivity contribution in [1.82, 2.24) is 15.5 Å². The zero-order chi connectivity index (χ0) is 19.9. The van der Waals surface area contributed by atoms with Crippen molar-refractivity contribution in [1.29, 1.82) is 0 Å². The SMILES string of the molecule is CCNC(=NCCc1cc2ccccc2o1)NC1CCN(CC2CCOC2)CC1. The second-order valence-corrected chi connectivity index (χ2v) is 8.21. The van der Waals surface area contributed by atoms with Crippen LogP contribution in [0.5, 0.6) is 0 Å². The molecule has 1 aromatic carbocycles. The van der Waals surface area contributed by atoms with Crippen LogP contribution in [-0.4, -0.2) is 62.8 Å². The molecule has 4 rings (SSSR count). The molecule has 0 bridgehead atoms. The Labute approximate surface area is 173 Å². The van der Waals surface area contributed by atoms with Gasteiger partial charge in [0.2, 0.25) is 0 Å². The third-order valence-corrected chi connectivity index (χ3v) is 5.92. The maximum atomic E-state index is 5.90. The molecule has 1 aromatic heterocycles. The Balaban J connectivity index is 1.24. The van der Waals surface area contributed by atoms with Gasteiger partial charge in [0.05, 0.1) is 6.61 Å². The molecule has 0 spiro atoms. The lowest BCUT2D eigenvalue weighted by molar-refractivity contribution is 0.150. The molecule has 2 aliphatic rings. The van der Waals surface area contributed by atoms with Crippen molar-refractivity contribution >= 4 is 16.9 Å². The molecule has 2 N–H and O–H groups in total. The standard InChI is InChI=1S/C23H34N4O2/c1-2-24-23(25-11-7-21-15-19-5-3-4-6-22(19)29-21)26-20-8-12-27(13-9-20)16-18-10-14-28-17-18/h3-6,15,18,20H,2,7-14,16-17H2,1H3,(H2,24,25,26). The molecular formula is C23H34N4O2. The minimum atomic E-state index is 0.495. The minimum Gasteiger partial charge on any atom is -0.461 e. The predicted octanol–water partition coefficient (Wildman–Crippen LogP) is 3.03. The lowest BCUT2D eigenvalue weighted by Crippen LogP contribution is -2.49. The van der Waals surface area contributed by atoms with Gasteiger partial charge in [-0.2, -0.15) is 0 Å². The number of aliphatic imine (C=N–C) groups is 1. The van der Waals surface area contributed by atoms with Gasteiger partial charge < -0.3 is 24.7 Å². The van der Waals surface area contributed by atoms with Gasteiger partial charge in [-0.1, -0.05) is 18.2 Å². The van der Waals surface area contributed by atoms with Crippen molar-refractivity contribution in [3.05, 3.63) is 36.1 Å². The van der Waals surface area contributed by atoms with Gasteiger partial charge in [0.1, 0.15) is 11.3 Å².